The van der Waals surface area contributed by atoms with Crippen molar-refractivity contribution in [1.29, 1.82) is 0 Å². The first-order valence-corrected chi connectivity index (χ1v) is 7.73. The maximum absolute atomic E-state index is 12.0. The van der Waals surface area contributed by atoms with Crippen LogP contribution in [-0.4, -0.2) is 55.4 Å². The molecule has 1 fully saturated rings. The quantitative estimate of drug-likeness (QED) is 0.666. The van der Waals surface area contributed by atoms with Crippen LogP contribution in [0.15, 0.2) is 0 Å². The summed E-state index contributed by atoms with van der Waals surface area (Å²) in [6.45, 7) is 3.61. The molecule has 106 valence electrons. The van der Waals surface area contributed by atoms with Crippen LogP contribution in [0.25, 0.3) is 0 Å². The standard InChI is InChI=1S/C11H21NO5S/c1-9(2)17-5-6-18(15,16)12(8-11(13)14)7-10-3-4-10/h9-10H,3-8H2,1-2H3,(H,13,14). The number of carbonyl (C=O) groups is 1. The van der Waals surface area contributed by atoms with E-state index in [2.05, 4.69) is 0 Å². The van der Waals surface area contributed by atoms with Gasteiger partial charge in [0, 0.05) is 6.54 Å². The molecule has 0 aliphatic heterocycles. The summed E-state index contributed by atoms with van der Waals surface area (Å²) in [5.74, 6) is -0.959. The van der Waals surface area contributed by atoms with E-state index in [0.29, 0.717) is 12.5 Å². The van der Waals surface area contributed by atoms with E-state index in [9.17, 15) is 13.2 Å². The number of hydrogen-bond acceptors (Lipinski definition) is 4. The molecule has 0 radical (unpaired) electrons. The Morgan fingerprint density at radius 3 is 2.50 bits per heavy atom. The molecule has 1 N–H and O–H groups in total. The van der Waals surface area contributed by atoms with Gasteiger partial charge < -0.3 is 9.84 Å². The van der Waals surface area contributed by atoms with Crippen molar-refractivity contribution in [2.24, 2.45) is 5.92 Å². The highest BCUT2D eigenvalue weighted by molar-refractivity contribution is 7.89. The Morgan fingerprint density at radius 1 is 1.44 bits per heavy atom. The molecule has 0 aromatic heterocycles. The van der Waals surface area contributed by atoms with Crippen LogP contribution in [-0.2, 0) is 19.6 Å². The van der Waals surface area contributed by atoms with Crippen LogP contribution < -0.4 is 0 Å². The van der Waals surface area contributed by atoms with E-state index >= 15 is 0 Å². The smallest absolute Gasteiger partial charge is 0.318 e. The molecule has 0 amide bonds. The maximum atomic E-state index is 12.0. The molecule has 7 heteroatoms. The molecule has 1 saturated carbocycles. The predicted molar refractivity (Wildman–Crippen MR) is 66.8 cm³/mol. The molecule has 0 aromatic rings. The Bertz CT molecular complexity index is 375. The van der Waals surface area contributed by atoms with Crippen LogP contribution in [0.3, 0.4) is 0 Å². The minimum atomic E-state index is -3.54. The fourth-order valence-corrected chi connectivity index (χ4v) is 2.84. The zero-order valence-electron chi connectivity index (χ0n) is 10.8. The number of rotatable bonds is 9. The number of aliphatic carboxylic acids is 1. The van der Waals surface area contributed by atoms with Crippen molar-refractivity contribution in [3.63, 3.8) is 0 Å². The lowest BCUT2D eigenvalue weighted by Gasteiger charge is -2.20. The second-order valence-corrected chi connectivity index (χ2v) is 6.95. The summed E-state index contributed by atoms with van der Waals surface area (Å²) in [6.07, 6.45) is 1.93. The van der Waals surface area contributed by atoms with Gasteiger partial charge in [-0.05, 0) is 32.6 Å². The minimum Gasteiger partial charge on any atom is -0.480 e. The first-order valence-electron chi connectivity index (χ1n) is 6.12. The van der Waals surface area contributed by atoms with E-state index in [0.717, 1.165) is 17.1 Å². The van der Waals surface area contributed by atoms with Crippen LogP contribution in [0.5, 0.6) is 0 Å². The Hall–Kier alpha value is -0.660. The SMILES string of the molecule is CC(C)OCCS(=O)(=O)N(CC(=O)O)CC1CC1. The minimum absolute atomic E-state index is 0.0310. The van der Waals surface area contributed by atoms with Gasteiger partial charge >= 0.3 is 5.97 Å². The van der Waals surface area contributed by atoms with Crippen LogP contribution >= 0.6 is 0 Å². The van der Waals surface area contributed by atoms with Gasteiger partial charge in [-0.3, -0.25) is 4.79 Å². The van der Waals surface area contributed by atoms with Gasteiger partial charge in [-0.15, -0.1) is 0 Å². The summed E-state index contributed by atoms with van der Waals surface area (Å²) in [5.41, 5.74) is 0. The highest BCUT2D eigenvalue weighted by Crippen LogP contribution is 2.30. The summed E-state index contributed by atoms with van der Waals surface area (Å²) in [7, 11) is -3.54. The zero-order valence-corrected chi connectivity index (χ0v) is 11.6. The number of carboxylic acids is 1. The summed E-state index contributed by atoms with van der Waals surface area (Å²) >= 11 is 0. The van der Waals surface area contributed by atoms with E-state index in [1.807, 2.05) is 13.8 Å². The molecule has 1 aliphatic rings. The summed E-state index contributed by atoms with van der Waals surface area (Å²) < 4.78 is 30.3. The molecule has 0 unspecified atom stereocenters. The van der Waals surface area contributed by atoms with Crippen LogP contribution in [0.2, 0.25) is 0 Å². The number of sulfonamides is 1. The van der Waals surface area contributed by atoms with Crippen LogP contribution in [0.4, 0.5) is 0 Å². The Morgan fingerprint density at radius 2 is 2.06 bits per heavy atom. The topological polar surface area (TPSA) is 83.9 Å². The molecule has 0 heterocycles. The number of ether oxygens (including phenoxy) is 1. The van der Waals surface area contributed by atoms with E-state index in [-0.39, 0.29) is 18.5 Å². The third kappa shape index (κ3) is 5.79. The van der Waals surface area contributed by atoms with Gasteiger partial charge in [0.25, 0.3) is 0 Å². The Balaban J connectivity index is 2.54. The molecular formula is C11H21NO5S. The second kappa shape index (κ2) is 6.49. The van der Waals surface area contributed by atoms with E-state index in [1.54, 1.807) is 0 Å². The van der Waals surface area contributed by atoms with Gasteiger partial charge in [0.05, 0.1) is 18.5 Å². The zero-order chi connectivity index (χ0) is 13.8. The summed E-state index contributed by atoms with van der Waals surface area (Å²) in [6, 6.07) is 0. The third-order valence-corrected chi connectivity index (χ3v) is 4.40. The van der Waals surface area contributed by atoms with Gasteiger partial charge in [-0.25, -0.2) is 8.42 Å². The molecule has 0 aromatic carbocycles. The Kier molecular flexibility index (Phi) is 5.55. The van der Waals surface area contributed by atoms with Crippen molar-refractivity contribution < 1.29 is 23.1 Å². The molecule has 0 bridgehead atoms. The summed E-state index contributed by atoms with van der Waals surface area (Å²) in [4.78, 5) is 10.7. The fraction of sp³-hybridized carbons (Fsp3) is 0.909. The average Bonchev–Trinajstić information content (AvgIpc) is 2.98. The number of nitrogens with zero attached hydrogens (tertiary/aromatic N) is 1. The van der Waals surface area contributed by atoms with E-state index in [1.165, 1.54) is 0 Å². The third-order valence-electron chi connectivity index (χ3n) is 2.66. The Labute approximate surface area is 108 Å². The first-order chi connectivity index (χ1) is 8.31. The molecule has 6 nitrogen and oxygen atoms in total. The van der Waals surface area contributed by atoms with Gasteiger partial charge in [0.2, 0.25) is 10.0 Å². The second-order valence-electron chi connectivity index (χ2n) is 4.87. The van der Waals surface area contributed by atoms with E-state index in [4.69, 9.17) is 9.84 Å². The highest BCUT2D eigenvalue weighted by atomic mass is 32.2. The van der Waals surface area contributed by atoms with Crippen molar-refractivity contribution in [2.45, 2.75) is 32.8 Å². The number of carboxylic acid groups (broad SMARTS) is 1. The lowest BCUT2D eigenvalue weighted by atomic mass is 10.4. The molecule has 1 rings (SSSR count). The molecule has 0 atom stereocenters. The number of hydrogen-bond donors (Lipinski definition) is 1. The normalized spacial score (nSPS) is 16.4. The van der Waals surface area contributed by atoms with Crippen molar-refractivity contribution in [1.82, 2.24) is 4.31 Å². The molecule has 1 aliphatic carbocycles. The molecular weight excluding hydrogens is 258 g/mol. The average molecular weight is 279 g/mol. The van der Waals surface area contributed by atoms with Crippen molar-refractivity contribution in [3.05, 3.63) is 0 Å². The molecule has 18 heavy (non-hydrogen) atoms. The van der Waals surface area contributed by atoms with Gasteiger partial charge in [-0.1, -0.05) is 0 Å². The van der Waals surface area contributed by atoms with Gasteiger partial charge in [-0.2, -0.15) is 4.31 Å². The maximum Gasteiger partial charge on any atom is 0.318 e. The molecule has 0 spiro atoms. The monoisotopic (exact) mass is 279 g/mol. The van der Waals surface area contributed by atoms with Crippen molar-refractivity contribution in [2.75, 3.05) is 25.4 Å². The van der Waals surface area contributed by atoms with Gasteiger partial charge in [0.1, 0.15) is 6.54 Å². The van der Waals surface area contributed by atoms with Crippen LogP contribution in [0, 0.1) is 5.92 Å². The lowest BCUT2D eigenvalue weighted by molar-refractivity contribution is -0.137. The van der Waals surface area contributed by atoms with Gasteiger partial charge in [0.15, 0.2) is 0 Å². The predicted octanol–water partition coefficient (Wildman–Crippen LogP) is 0.538. The lowest BCUT2D eigenvalue weighted by Crippen LogP contribution is -2.39. The fourth-order valence-electron chi connectivity index (χ4n) is 1.53. The van der Waals surface area contributed by atoms with E-state index < -0.39 is 22.5 Å². The highest BCUT2D eigenvalue weighted by Gasteiger charge is 2.31. The molecule has 0 saturated heterocycles. The van der Waals surface area contributed by atoms with Crippen LogP contribution in [0.1, 0.15) is 26.7 Å². The first kappa shape index (κ1) is 15.4. The summed E-state index contributed by atoms with van der Waals surface area (Å²) in [5, 5.41) is 8.76. The van der Waals surface area contributed by atoms with Crippen molar-refractivity contribution in [3.8, 4) is 0 Å². The van der Waals surface area contributed by atoms with Crippen molar-refractivity contribution >= 4 is 16.0 Å². The largest absolute Gasteiger partial charge is 0.480 e.